The summed E-state index contributed by atoms with van der Waals surface area (Å²) >= 11 is 0. The van der Waals surface area contributed by atoms with Gasteiger partial charge < -0.3 is 4.74 Å². The molecule has 1 aromatic rings. The van der Waals surface area contributed by atoms with Gasteiger partial charge in [-0.05, 0) is 32.9 Å². The Balaban J connectivity index is 2.68. The first-order chi connectivity index (χ1) is 10.2. The van der Waals surface area contributed by atoms with Crippen molar-refractivity contribution in [3.05, 3.63) is 48.3 Å². The summed E-state index contributed by atoms with van der Waals surface area (Å²) in [4.78, 5) is 16.1. The fraction of sp³-hybridized carbons (Fsp3) is 0.444. The van der Waals surface area contributed by atoms with E-state index in [1.807, 2.05) is 49.7 Å². The molecule has 0 N–H and O–H groups in total. The summed E-state index contributed by atoms with van der Waals surface area (Å²) in [6, 6.07) is 9.92. The molecule has 1 aliphatic heterocycles. The fourth-order valence-corrected chi connectivity index (χ4v) is 3.30. The topological polar surface area (TPSA) is 38.7 Å². The Labute approximate surface area is 132 Å². The third-order valence-corrected chi connectivity index (χ3v) is 4.49. The molecule has 0 saturated heterocycles. The Morgan fingerprint density at radius 3 is 2.27 bits per heavy atom. The number of hydrogen-bond acceptors (Lipinski definition) is 3. The van der Waals surface area contributed by atoms with Crippen LogP contribution in [-0.4, -0.2) is 28.8 Å². The van der Waals surface area contributed by atoms with Crippen LogP contribution in [0.5, 0.6) is 0 Å². The van der Waals surface area contributed by atoms with Crippen LogP contribution < -0.4 is 0 Å². The van der Waals surface area contributed by atoms with E-state index in [0.29, 0.717) is 11.0 Å². The van der Waals surface area contributed by atoms with E-state index in [1.165, 1.54) is 6.92 Å². The number of quaternary nitrogens is 1. The first kappa shape index (κ1) is 16.4. The molecule has 4 heteroatoms. The summed E-state index contributed by atoms with van der Waals surface area (Å²) < 4.78 is 6.38. The van der Waals surface area contributed by atoms with Crippen molar-refractivity contribution < 1.29 is 14.0 Å². The summed E-state index contributed by atoms with van der Waals surface area (Å²) in [6.45, 7) is 10.6. The SMILES string of the molecule is CC(=O)OC(C)(c1ccccc1)[N+]1(C(C)(C)C)C=CN=CC1. The van der Waals surface area contributed by atoms with Gasteiger partial charge in [-0.1, -0.05) is 18.2 Å². The van der Waals surface area contributed by atoms with E-state index < -0.39 is 5.72 Å². The first-order valence-electron chi connectivity index (χ1n) is 7.55. The molecule has 0 spiro atoms. The van der Waals surface area contributed by atoms with E-state index in [9.17, 15) is 4.79 Å². The van der Waals surface area contributed by atoms with Crippen LogP contribution in [0.2, 0.25) is 0 Å². The minimum absolute atomic E-state index is 0.178. The van der Waals surface area contributed by atoms with Crippen molar-refractivity contribution >= 4 is 12.2 Å². The molecular formula is C18H25N2O2+. The molecule has 2 unspecified atom stereocenters. The van der Waals surface area contributed by atoms with E-state index in [1.54, 1.807) is 6.20 Å². The molecule has 0 fully saturated rings. The minimum atomic E-state index is -0.825. The van der Waals surface area contributed by atoms with Crippen LogP contribution >= 0.6 is 0 Å². The molecule has 1 aliphatic rings. The minimum Gasteiger partial charge on any atom is -0.405 e. The number of ether oxygens (including phenoxy) is 1. The van der Waals surface area contributed by atoms with Crippen LogP contribution in [0.1, 0.15) is 40.2 Å². The standard InChI is InChI=1S/C18H25N2O2/c1-15(21)22-18(5,16-9-7-6-8-10-16)20(17(2,3)4)13-11-19-12-14-20/h6-13H,14H2,1-5H3/q+1. The van der Waals surface area contributed by atoms with Gasteiger partial charge in [0, 0.05) is 13.8 Å². The number of carbonyl (C=O) groups is 1. The fourth-order valence-electron chi connectivity index (χ4n) is 3.30. The molecule has 0 amide bonds. The molecule has 0 radical (unpaired) electrons. The van der Waals surface area contributed by atoms with Crippen molar-refractivity contribution in [1.29, 1.82) is 0 Å². The normalized spacial score (nSPS) is 23.9. The maximum Gasteiger partial charge on any atom is 0.307 e. The predicted octanol–water partition coefficient (Wildman–Crippen LogP) is 3.59. The lowest BCUT2D eigenvalue weighted by atomic mass is 9.90. The van der Waals surface area contributed by atoms with Crippen molar-refractivity contribution in [3.63, 3.8) is 0 Å². The third-order valence-electron chi connectivity index (χ3n) is 4.49. The van der Waals surface area contributed by atoms with Gasteiger partial charge in [0.25, 0.3) is 5.72 Å². The Morgan fingerprint density at radius 2 is 1.82 bits per heavy atom. The highest BCUT2D eigenvalue weighted by atomic mass is 16.6. The van der Waals surface area contributed by atoms with E-state index in [4.69, 9.17) is 4.74 Å². The van der Waals surface area contributed by atoms with Gasteiger partial charge in [-0.25, -0.2) is 4.48 Å². The molecule has 0 aliphatic carbocycles. The average Bonchev–Trinajstić information content (AvgIpc) is 2.47. The Kier molecular flexibility index (Phi) is 4.25. The van der Waals surface area contributed by atoms with Gasteiger partial charge in [-0.2, -0.15) is 0 Å². The molecule has 22 heavy (non-hydrogen) atoms. The number of esters is 1. The number of carbonyl (C=O) groups excluding carboxylic acids is 1. The second-order valence-electron chi connectivity index (χ2n) is 6.79. The van der Waals surface area contributed by atoms with Gasteiger partial charge in [0.1, 0.15) is 12.7 Å². The van der Waals surface area contributed by atoms with Gasteiger partial charge in [-0.15, -0.1) is 0 Å². The van der Waals surface area contributed by atoms with Crippen molar-refractivity contribution in [3.8, 4) is 0 Å². The second-order valence-corrected chi connectivity index (χ2v) is 6.79. The largest absolute Gasteiger partial charge is 0.405 e. The van der Waals surface area contributed by atoms with Gasteiger partial charge in [0.2, 0.25) is 0 Å². The first-order valence-corrected chi connectivity index (χ1v) is 7.55. The predicted molar refractivity (Wildman–Crippen MR) is 88.1 cm³/mol. The summed E-state index contributed by atoms with van der Waals surface area (Å²) in [7, 11) is 0. The van der Waals surface area contributed by atoms with Crippen LogP contribution in [0.3, 0.4) is 0 Å². The molecule has 1 heterocycles. The van der Waals surface area contributed by atoms with Crippen molar-refractivity contribution in [1.82, 2.24) is 0 Å². The van der Waals surface area contributed by atoms with Gasteiger partial charge in [0.05, 0.1) is 23.5 Å². The van der Waals surface area contributed by atoms with Crippen molar-refractivity contribution in [2.24, 2.45) is 4.99 Å². The van der Waals surface area contributed by atoms with Crippen LogP contribution in [0.25, 0.3) is 0 Å². The zero-order chi connectivity index (χ0) is 16.4. The summed E-state index contributed by atoms with van der Waals surface area (Å²) in [5, 5.41) is 0. The van der Waals surface area contributed by atoms with Crippen molar-refractivity contribution in [2.75, 3.05) is 6.54 Å². The van der Waals surface area contributed by atoms with Crippen molar-refractivity contribution in [2.45, 2.75) is 45.9 Å². The zero-order valence-electron chi connectivity index (χ0n) is 14.0. The maximum atomic E-state index is 11.9. The number of hydrogen-bond donors (Lipinski definition) is 0. The van der Waals surface area contributed by atoms with Crippen LogP contribution in [0, 0.1) is 0 Å². The zero-order valence-corrected chi connectivity index (χ0v) is 14.0. The summed E-state index contributed by atoms with van der Waals surface area (Å²) in [6.07, 6.45) is 5.71. The maximum absolute atomic E-state index is 11.9. The molecule has 1 aromatic carbocycles. The number of nitrogens with zero attached hydrogens (tertiary/aromatic N) is 2. The highest BCUT2D eigenvalue weighted by Crippen LogP contribution is 2.44. The summed E-state index contributed by atoms with van der Waals surface area (Å²) in [5.41, 5.74) is -0.0304. The molecule has 118 valence electrons. The van der Waals surface area contributed by atoms with E-state index in [-0.39, 0.29) is 11.5 Å². The second kappa shape index (κ2) is 5.69. The lowest BCUT2D eigenvalue weighted by Crippen LogP contribution is -2.68. The van der Waals surface area contributed by atoms with Gasteiger partial charge in [0.15, 0.2) is 0 Å². The van der Waals surface area contributed by atoms with Gasteiger partial charge >= 0.3 is 5.97 Å². The number of aliphatic imine (C=N–C) groups is 1. The van der Waals surface area contributed by atoms with E-state index in [0.717, 1.165) is 5.56 Å². The van der Waals surface area contributed by atoms with Crippen LogP contribution in [0.4, 0.5) is 0 Å². The van der Waals surface area contributed by atoms with Crippen LogP contribution in [0.15, 0.2) is 47.7 Å². The van der Waals surface area contributed by atoms with Crippen LogP contribution in [-0.2, 0) is 15.3 Å². The number of rotatable bonds is 3. The average molecular weight is 301 g/mol. The molecule has 0 saturated carbocycles. The molecule has 0 bridgehead atoms. The molecule has 2 atom stereocenters. The lowest BCUT2D eigenvalue weighted by molar-refractivity contribution is -0.993. The Hall–Kier alpha value is -1.94. The highest BCUT2D eigenvalue weighted by molar-refractivity contribution is 5.67. The van der Waals surface area contributed by atoms with E-state index in [2.05, 4.69) is 25.8 Å². The molecular weight excluding hydrogens is 276 g/mol. The molecule has 0 aromatic heterocycles. The molecule has 2 rings (SSSR count). The monoisotopic (exact) mass is 301 g/mol. The van der Waals surface area contributed by atoms with Gasteiger partial charge in [-0.3, -0.25) is 9.79 Å². The smallest absolute Gasteiger partial charge is 0.307 e. The quantitative estimate of drug-likeness (QED) is 0.632. The van der Waals surface area contributed by atoms with E-state index >= 15 is 0 Å². The third kappa shape index (κ3) is 2.59. The summed E-state index contributed by atoms with van der Waals surface area (Å²) in [5.74, 6) is -0.288. The molecule has 4 nitrogen and oxygen atoms in total. The number of benzene rings is 1. The highest BCUT2D eigenvalue weighted by Gasteiger charge is 2.57. The Morgan fingerprint density at radius 1 is 1.18 bits per heavy atom. The lowest BCUT2D eigenvalue weighted by Gasteiger charge is -2.55. The Bertz CT molecular complexity index is 601.